The molecule has 0 aromatic carbocycles. The van der Waals surface area contributed by atoms with Crippen molar-refractivity contribution in [1.29, 1.82) is 0 Å². The summed E-state index contributed by atoms with van der Waals surface area (Å²) in [6.07, 6.45) is 2.39. The van der Waals surface area contributed by atoms with Gasteiger partial charge in [0.25, 0.3) is 0 Å². The molecule has 0 saturated heterocycles. The summed E-state index contributed by atoms with van der Waals surface area (Å²) in [6.45, 7) is 3.21. The molecule has 74 valence electrons. The van der Waals surface area contributed by atoms with Crippen molar-refractivity contribution in [2.75, 3.05) is 13.1 Å². The van der Waals surface area contributed by atoms with Crippen molar-refractivity contribution in [3.8, 4) is 0 Å². The lowest BCUT2D eigenvalue weighted by molar-refractivity contribution is 0.303. The lowest BCUT2D eigenvalue weighted by Gasteiger charge is -2.34. The van der Waals surface area contributed by atoms with Gasteiger partial charge in [-0.05, 0) is 32.4 Å². The van der Waals surface area contributed by atoms with E-state index < -0.39 is 0 Å². The fourth-order valence-electron chi connectivity index (χ4n) is 1.36. The van der Waals surface area contributed by atoms with Crippen molar-refractivity contribution >= 4 is 0 Å². The summed E-state index contributed by atoms with van der Waals surface area (Å²) >= 11 is 0. The normalized spacial score (nSPS) is 18.8. The van der Waals surface area contributed by atoms with Crippen molar-refractivity contribution in [2.24, 2.45) is 22.9 Å². The Morgan fingerprint density at radius 2 is 1.83 bits per heavy atom. The van der Waals surface area contributed by atoms with E-state index in [1.807, 2.05) is 6.92 Å². The van der Waals surface area contributed by atoms with E-state index in [2.05, 4.69) is 0 Å². The Bertz CT molecular complexity index is 118. The number of hydrogen-bond acceptors (Lipinski definition) is 4. The fourth-order valence-corrected chi connectivity index (χ4v) is 1.36. The first kappa shape index (κ1) is 11.8. The quantitative estimate of drug-likeness (QED) is 0.419. The molecule has 0 fully saturated rings. The summed E-state index contributed by atoms with van der Waals surface area (Å²) in [5.41, 5.74) is 22.5. The lowest BCUT2D eigenvalue weighted by atomic mass is 9.84. The first-order chi connectivity index (χ1) is 5.60. The summed E-state index contributed by atoms with van der Waals surface area (Å²) < 4.78 is 0. The topological polar surface area (TPSA) is 104 Å². The average molecular weight is 174 g/mol. The highest BCUT2D eigenvalue weighted by molar-refractivity contribution is 4.93. The lowest BCUT2D eigenvalue weighted by Crippen LogP contribution is -2.56. The molecule has 0 aromatic heterocycles. The molecule has 2 atom stereocenters. The molecule has 2 unspecified atom stereocenters. The maximum absolute atomic E-state index is 6.08. The molecule has 0 saturated carbocycles. The highest BCUT2D eigenvalue weighted by Gasteiger charge is 2.28. The maximum Gasteiger partial charge on any atom is 0.0317 e. The average Bonchev–Trinajstić information content (AvgIpc) is 2.05. The van der Waals surface area contributed by atoms with Crippen LogP contribution >= 0.6 is 0 Å². The minimum absolute atomic E-state index is 0.0314. The van der Waals surface area contributed by atoms with E-state index in [1.54, 1.807) is 0 Å². The van der Waals surface area contributed by atoms with Crippen LogP contribution in [-0.4, -0.2) is 24.7 Å². The van der Waals surface area contributed by atoms with E-state index in [4.69, 9.17) is 22.9 Å². The Labute approximate surface area is 74.7 Å². The second-order valence-corrected chi connectivity index (χ2v) is 3.31. The molecule has 0 spiro atoms. The highest BCUT2D eigenvalue weighted by atomic mass is 14.9. The minimum Gasteiger partial charge on any atom is -0.330 e. The van der Waals surface area contributed by atoms with Gasteiger partial charge in [0, 0.05) is 11.6 Å². The molecule has 0 aromatic rings. The molecule has 12 heavy (non-hydrogen) atoms. The van der Waals surface area contributed by atoms with Crippen molar-refractivity contribution in [2.45, 2.75) is 37.8 Å². The molecule has 0 aliphatic rings. The minimum atomic E-state index is -0.325. The first-order valence-corrected chi connectivity index (χ1v) is 4.55. The molecule has 0 rings (SSSR count). The highest BCUT2D eigenvalue weighted by Crippen LogP contribution is 2.16. The molecule has 0 amide bonds. The molecule has 0 radical (unpaired) electrons. The van der Waals surface area contributed by atoms with E-state index in [0.29, 0.717) is 13.1 Å². The van der Waals surface area contributed by atoms with E-state index in [9.17, 15) is 0 Å². The van der Waals surface area contributed by atoms with Crippen LogP contribution in [0.1, 0.15) is 26.2 Å². The largest absolute Gasteiger partial charge is 0.330 e. The molecule has 4 heteroatoms. The Hall–Kier alpha value is -0.160. The number of nitrogens with two attached hydrogens (primary N) is 4. The van der Waals surface area contributed by atoms with Gasteiger partial charge < -0.3 is 22.9 Å². The number of rotatable bonds is 6. The van der Waals surface area contributed by atoms with Crippen LogP contribution in [0.15, 0.2) is 0 Å². The van der Waals surface area contributed by atoms with Crippen LogP contribution in [0.2, 0.25) is 0 Å². The number of hydrogen-bond donors (Lipinski definition) is 4. The first-order valence-electron chi connectivity index (χ1n) is 4.55. The third-order valence-electron chi connectivity index (χ3n) is 2.48. The molecule has 4 nitrogen and oxygen atoms in total. The smallest absolute Gasteiger partial charge is 0.0317 e. The summed E-state index contributed by atoms with van der Waals surface area (Å²) in [7, 11) is 0. The van der Waals surface area contributed by atoms with Gasteiger partial charge in [-0.25, -0.2) is 0 Å². The van der Waals surface area contributed by atoms with Crippen molar-refractivity contribution < 1.29 is 0 Å². The zero-order valence-corrected chi connectivity index (χ0v) is 7.92. The van der Waals surface area contributed by atoms with Crippen LogP contribution in [0.3, 0.4) is 0 Å². The fraction of sp³-hybridized carbons (Fsp3) is 1.00. The Balaban J connectivity index is 4.08. The van der Waals surface area contributed by atoms with Gasteiger partial charge in [-0.2, -0.15) is 0 Å². The zero-order chi connectivity index (χ0) is 9.61. The molecule has 8 N–H and O–H groups in total. The Kier molecular flexibility index (Phi) is 5.41. The molecule has 0 aliphatic carbocycles. The Morgan fingerprint density at radius 1 is 1.25 bits per heavy atom. The summed E-state index contributed by atoms with van der Waals surface area (Å²) in [5, 5.41) is 0. The second-order valence-electron chi connectivity index (χ2n) is 3.31. The van der Waals surface area contributed by atoms with Crippen LogP contribution in [0.5, 0.6) is 0 Å². The van der Waals surface area contributed by atoms with Gasteiger partial charge in [0.2, 0.25) is 0 Å². The third-order valence-corrected chi connectivity index (χ3v) is 2.48. The molecule has 0 aliphatic heterocycles. The third kappa shape index (κ3) is 3.06. The summed E-state index contributed by atoms with van der Waals surface area (Å²) in [5.74, 6) is 0. The van der Waals surface area contributed by atoms with E-state index in [-0.39, 0.29) is 11.6 Å². The standard InChI is InChI=1S/C8H22N4/c1-2-8(12,4-6-10)7(11)3-5-9/h7H,2-6,9-12H2,1H3. The van der Waals surface area contributed by atoms with Gasteiger partial charge in [0.05, 0.1) is 0 Å². The summed E-state index contributed by atoms with van der Waals surface area (Å²) in [6, 6.07) is -0.0314. The van der Waals surface area contributed by atoms with Gasteiger partial charge in [-0.1, -0.05) is 6.92 Å². The van der Waals surface area contributed by atoms with Gasteiger partial charge in [0.1, 0.15) is 0 Å². The van der Waals surface area contributed by atoms with Gasteiger partial charge >= 0.3 is 0 Å². The van der Waals surface area contributed by atoms with Gasteiger partial charge in [0.15, 0.2) is 0 Å². The molecular formula is C8H22N4. The molecular weight excluding hydrogens is 152 g/mol. The van der Waals surface area contributed by atoms with Crippen molar-refractivity contribution in [3.63, 3.8) is 0 Å². The van der Waals surface area contributed by atoms with Gasteiger partial charge in [-0.15, -0.1) is 0 Å². The van der Waals surface area contributed by atoms with E-state index in [0.717, 1.165) is 19.3 Å². The van der Waals surface area contributed by atoms with E-state index >= 15 is 0 Å². The van der Waals surface area contributed by atoms with E-state index in [1.165, 1.54) is 0 Å². The van der Waals surface area contributed by atoms with Crippen molar-refractivity contribution in [3.05, 3.63) is 0 Å². The maximum atomic E-state index is 6.08. The van der Waals surface area contributed by atoms with Crippen LogP contribution in [0.25, 0.3) is 0 Å². The van der Waals surface area contributed by atoms with Crippen LogP contribution in [-0.2, 0) is 0 Å². The molecule has 0 heterocycles. The predicted octanol–water partition coefficient (Wildman–Crippen LogP) is -0.881. The zero-order valence-electron chi connectivity index (χ0n) is 7.92. The predicted molar refractivity (Wildman–Crippen MR) is 52.5 cm³/mol. The monoisotopic (exact) mass is 174 g/mol. The Morgan fingerprint density at radius 3 is 2.17 bits per heavy atom. The van der Waals surface area contributed by atoms with Crippen LogP contribution in [0, 0.1) is 0 Å². The second kappa shape index (κ2) is 5.48. The summed E-state index contributed by atoms with van der Waals surface area (Å²) in [4.78, 5) is 0. The van der Waals surface area contributed by atoms with Crippen LogP contribution in [0.4, 0.5) is 0 Å². The van der Waals surface area contributed by atoms with Crippen LogP contribution < -0.4 is 22.9 Å². The van der Waals surface area contributed by atoms with Crippen molar-refractivity contribution in [1.82, 2.24) is 0 Å². The van der Waals surface area contributed by atoms with Gasteiger partial charge in [-0.3, -0.25) is 0 Å². The molecule has 0 bridgehead atoms. The SMILES string of the molecule is CCC(N)(CCN)C(N)CCN.